The van der Waals surface area contributed by atoms with E-state index >= 15 is 0 Å². The zero-order valence-corrected chi connectivity index (χ0v) is 23.5. The first kappa shape index (κ1) is 29.2. The van der Waals surface area contributed by atoms with Crippen LogP contribution in [0.15, 0.2) is 24.3 Å². The molecule has 4 nitrogen and oxygen atoms in total. The summed E-state index contributed by atoms with van der Waals surface area (Å²) in [6.07, 6.45) is 17.3. The van der Waals surface area contributed by atoms with Crippen molar-refractivity contribution >= 4 is 22.7 Å². The number of hydrogen-bond donors (Lipinski definition) is 0. The Morgan fingerprint density at radius 1 is 0.703 bits per heavy atom. The van der Waals surface area contributed by atoms with Crippen LogP contribution < -0.4 is 9.47 Å². The fourth-order valence-electron chi connectivity index (χ4n) is 5.46. The molecule has 0 aromatic heterocycles. The van der Waals surface area contributed by atoms with Gasteiger partial charge in [0.2, 0.25) is 0 Å². The normalized spacial score (nSPS) is 14.9. The standard InChI is InChI=1S/C33H48O4/c1-4-6-8-10-12-14-20-30(34)36-32-26-18-16-17-19-27(26)33(29-24-25(3)22-23-28(29)32)37-31(35)21-15-13-11-9-7-5-2/h16-19,25H,4-15,20-24H2,1-3H3. The Bertz CT molecular complexity index is 1010. The van der Waals surface area contributed by atoms with Crippen LogP contribution in [-0.4, -0.2) is 11.9 Å². The second kappa shape index (κ2) is 15.8. The number of carbonyl (C=O) groups excluding carboxylic acids is 2. The summed E-state index contributed by atoms with van der Waals surface area (Å²) < 4.78 is 12.2. The van der Waals surface area contributed by atoms with Gasteiger partial charge in [0.1, 0.15) is 11.5 Å². The minimum Gasteiger partial charge on any atom is -0.426 e. The highest BCUT2D eigenvalue weighted by atomic mass is 16.5. The van der Waals surface area contributed by atoms with E-state index in [-0.39, 0.29) is 11.9 Å². The van der Waals surface area contributed by atoms with E-state index in [0.29, 0.717) is 30.3 Å². The molecule has 1 aliphatic rings. The second-order valence-corrected chi connectivity index (χ2v) is 11.0. The molecule has 2 aromatic carbocycles. The van der Waals surface area contributed by atoms with Gasteiger partial charge in [-0.3, -0.25) is 9.59 Å². The van der Waals surface area contributed by atoms with Gasteiger partial charge in [0.15, 0.2) is 0 Å². The van der Waals surface area contributed by atoms with E-state index in [0.717, 1.165) is 66.8 Å². The van der Waals surface area contributed by atoms with Crippen molar-refractivity contribution in [2.45, 2.75) is 130 Å². The molecule has 0 N–H and O–H groups in total. The molecule has 1 unspecified atom stereocenters. The average molecular weight is 509 g/mol. The van der Waals surface area contributed by atoms with Crippen molar-refractivity contribution in [3.63, 3.8) is 0 Å². The maximum Gasteiger partial charge on any atom is 0.311 e. The van der Waals surface area contributed by atoms with Crippen molar-refractivity contribution in [3.05, 3.63) is 35.4 Å². The van der Waals surface area contributed by atoms with Gasteiger partial charge in [0.05, 0.1) is 0 Å². The molecule has 4 heteroatoms. The fraction of sp³-hybridized carbons (Fsp3) is 0.636. The number of unbranched alkanes of at least 4 members (excludes halogenated alkanes) is 10. The first-order valence-electron chi connectivity index (χ1n) is 15.0. The van der Waals surface area contributed by atoms with Crippen molar-refractivity contribution < 1.29 is 19.1 Å². The molecule has 0 heterocycles. The maximum atomic E-state index is 12.9. The van der Waals surface area contributed by atoms with Crippen molar-refractivity contribution in [2.24, 2.45) is 5.92 Å². The molecular weight excluding hydrogens is 460 g/mol. The third kappa shape index (κ3) is 8.86. The molecule has 0 bridgehead atoms. The summed E-state index contributed by atoms with van der Waals surface area (Å²) in [6.45, 7) is 6.67. The largest absolute Gasteiger partial charge is 0.426 e. The Kier molecular flexibility index (Phi) is 12.5. The molecule has 1 aliphatic carbocycles. The van der Waals surface area contributed by atoms with Crippen LogP contribution in [0.1, 0.15) is 128 Å². The molecule has 1 atom stereocenters. The zero-order chi connectivity index (χ0) is 26.5. The lowest BCUT2D eigenvalue weighted by Crippen LogP contribution is -2.19. The van der Waals surface area contributed by atoms with Crippen LogP contribution in [0.2, 0.25) is 0 Å². The number of carbonyl (C=O) groups is 2. The Morgan fingerprint density at radius 3 is 1.68 bits per heavy atom. The number of fused-ring (bicyclic) bond motifs is 2. The Hall–Kier alpha value is -2.36. The predicted octanol–water partition coefficient (Wildman–Crippen LogP) is 9.28. The highest BCUT2D eigenvalue weighted by Gasteiger charge is 2.28. The molecule has 2 aromatic rings. The van der Waals surface area contributed by atoms with E-state index < -0.39 is 0 Å². The summed E-state index contributed by atoms with van der Waals surface area (Å²) in [5.41, 5.74) is 2.10. The zero-order valence-electron chi connectivity index (χ0n) is 23.5. The number of hydrogen-bond acceptors (Lipinski definition) is 4. The molecule has 0 radical (unpaired) electrons. The van der Waals surface area contributed by atoms with Crippen LogP contribution >= 0.6 is 0 Å². The first-order chi connectivity index (χ1) is 18.0. The lowest BCUT2D eigenvalue weighted by molar-refractivity contribution is -0.135. The lowest BCUT2D eigenvalue weighted by atomic mass is 9.82. The summed E-state index contributed by atoms with van der Waals surface area (Å²) in [7, 11) is 0. The summed E-state index contributed by atoms with van der Waals surface area (Å²) in [5.74, 6) is 1.55. The van der Waals surface area contributed by atoms with Crippen LogP contribution in [-0.2, 0) is 22.4 Å². The van der Waals surface area contributed by atoms with E-state index in [1.807, 2.05) is 24.3 Å². The smallest absolute Gasteiger partial charge is 0.311 e. The molecule has 0 saturated heterocycles. The van der Waals surface area contributed by atoms with Gasteiger partial charge in [-0.25, -0.2) is 0 Å². The third-order valence-electron chi connectivity index (χ3n) is 7.67. The average Bonchev–Trinajstić information content (AvgIpc) is 2.90. The minimum absolute atomic E-state index is 0.158. The van der Waals surface area contributed by atoms with Crippen LogP contribution in [0.5, 0.6) is 11.5 Å². The van der Waals surface area contributed by atoms with E-state index in [2.05, 4.69) is 20.8 Å². The van der Waals surface area contributed by atoms with Crippen molar-refractivity contribution in [1.29, 1.82) is 0 Å². The molecule has 0 spiro atoms. The molecule has 0 fully saturated rings. The predicted molar refractivity (Wildman–Crippen MR) is 152 cm³/mol. The molecule has 0 amide bonds. The van der Waals surface area contributed by atoms with Crippen molar-refractivity contribution in [1.82, 2.24) is 0 Å². The van der Waals surface area contributed by atoms with Gasteiger partial charge in [-0.15, -0.1) is 0 Å². The SMILES string of the molecule is CCCCCCCCC(=O)Oc1c2c(c(OC(=O)CCCCCCCC)c3ccccc13)CC(C)CC2. The summed E-state index contributed by atoms with van der Waals surface area (Å²) in [6, 6.07) is 7.92. The highest BCUT2D eigenvalue weighted by molar-refractivity contribution is 5.99. The number of rotatable bonds is 16. The van der Waals surface area contributed by atoms with Gasteiger partial charge in [0.25, 0.3) is 0 Å². The van der Waals surface area contributed by atoms with Gasteiger partial charge in [-0.1, -0.05) is 109 Å². The topological polar surface area (TPSA) is 52.6 Å². The van der Waals surface area contributed by atoms with Gasteiger partial charge in [0, 0.05) is 34.7 Å². The minimum atomic E-state index is -0.158. The molecular formula is C33H48O4. The van der Waals surface area contributed by atoms with E-state index in [4.69, 9.17) is 9.47 Å². The fourth-order valence-corrected chi connectivity index (χ4v) is 5.46. The number of benzene rings is 2. The van der Waals surface area contributed by atoms with Gasteiger partial charge >= 0.3 is 11.9 Å². The highest BCUT2D eigenvalue weighted by Crippen LogP contribution is 2.45. The monoisotopic (exact) mass is 508 g/mol. The molecule has 204 valence electrons. The second-order valence-electron chi connectivity index (χ2n) is 11.0. The Morgan fingerprint density at radius 2 is 1.16 bits per heavy atom. The van der Waals surface area contributed by atoms with Crippen LogP contribution in [0.3, 0.4) is 0 Å². The Labute approximate surface area is 224 Å². The quantitative estimate of drug-likeness (QED) is 0.129. The number of ether oxygens (including phenoxy) is 2. The molecule has 0 aliphatic heterocycles. The van der Waals surface area contributed by atoms with Crippen molar-refractivity contribution in [3.8, 4) is 11.5 Å². The molecule has 3 rings (SSSR count). The van der Waals surface area contributed by atoms with Crippen LogP contribution in [0, 0.1) is 5.92 Å². The van der Waals surface area contributed by atoms with E-state index in [9.17, 15) is 9.59 Å². The van der Waals surface area contributed by atoms with Gasteiger partial charge in [-0.2, -0.15) is 0 Å². The van der Waals surface area contributed by atoms with E-state index in [1.165, 1.54) is 51.4 Å². The summed E-state index contributed by atoms with van der Waals surface area (Å²) in [4.78, 5) is 25.7. The lowest BCUT2D eigenvalue weighted by Gasteiger charge is -2.27. The first-order valence-corrected chi connectivity index (χ1v) is 15.0. The Balaban J connectivity index is 1.76. The van der Waals surface area contributed by atoms with Crippen molar-refractivity contribution in [2.75, 3.05) is 0 Å². The number of esters is 2. The molecule has 0 saturated carbocycles. The van der Waals surface area contributed by atoms with Crippen LogP contribution in [0.4, 0.5) is 0 Å². The maximum absolute atomic E-state index is 12.9. The summed E-state index contributed by atoms with van der Waals surface area (Å²) in [5, 5.41) is 1.74. The summed E-state index contributed by atoms with van der Waals surface area (Å²) >= 11 is 0. The van der Waals surface area contributed by atoms with E-state index in [1.54, 1.807) is 0 Å². The van der Waals surface area contributed by atoms with Gasteiger partial charge < -0.3 is 9.47 Å². The molecule has 37 heavy (non-hydrogen) atoms. The van der Waals surface area contributed by atoms with Crippen LogP contribution in [0.25, 0.3) is 10.8 Å². The third-order valence-corrected chi connectivity index (χ3v) is 7.67. The van der Waals surface area contributed by atoms with Gasteiger partial charge in [-0.05, 0) is 38.0 Å².